The zero-order valence-corrected chi connectivity index (χ0v) is 11.0. The van der Waals surface area contributed by atoms with Gasteiger partial charge in [0.15, 0.2) is 0 Å². The van der Waals surface area contributed by atoms with Crippen LogP contribution >= 0.6 is 0 Å². The van der Waals surface area contributed by atoms with Crippen LogP contribution in [0.1, 0.15) is 22.8 Å². The SMILES string of the molecule is CCNc1cnccc1C(=O)Nc1ccc(C)cn1. The molecule has 5 nitrogen and oxygen atoms in total. The van der Waals surface area contributed by atoms with Gasteiger partial charge in [0.25, 0.3) is 5.91 Å². The van der Waals surface area contributed by atoms with E-state index in [0.29, 0.717) is 11.4 Å². The van der Waals surface area contributed by atoms with Crippen LogP contribution in [0.5, 0.6) is 0 Å². The Kier molecular flexibility index (Phi) is 4.07. The molecule has 2 N–H and O–H groups in total. The molecule has 98 valence electrons. The quantitative estimate of drug-likeness (QED) is 0.881. The van der Waals surface area contributed by atoms with Crippen LogP contribution in [-0.2, 0) is 0 Å². The summed E-state index contributed by atoms with van der Waals surface area (Å²) in [5, 5.41) is 5.87. The molecule has 0 spiro atoms. The van der Waals surface area contributed by atoms with E-state index in [-0.39, 0.29) is 5.91 Å². The highest BCUT2D eigenvalue weighted by atomic mass is 16.1. The number of aryl methyl sites for hydroxylation is 1. The smallest absolute Gasteiger partial charge is 0.259 e. The Morgan fingerprint density at radius 2 is 2.11 bits per heavy atom. The van der Waals surface area contributed by atoms with Crippen molar-refractivity contribution in [3.63, 3.8) is 0 Å². The fraction of sp³-hybridized carbons (Fsp3) is 0.214. The van der Waals surface area contributed by atoms with Crippen molar-refractivity contribution in [1.82, 2.24) is 9.97 Å². The molecule has 0 saturated carbocycles. The number of hydrogen-bond acceptors (Lipinski definition) is 4. The monoisotopic (exact) mass is 256 g/mol. The number of carbonyl (C=O) groups excluding carboxylic acids is 1. The number of amides is 1. The summed E-state index contributed by atoms with van der Waals surface area (Å²) < 4.78 is 0. The number of anilines is 2. The fourth-order valence-electron chi connectivity index (χ4n) is 1.65. The number of nitrogens with zero attached hydrogens (tertiary/aromatic N) is 2. The van der Waals surface area contributed by atoms with E-state index in [4.69, 9.17) is 0 Å². The molecular formula is C14H16N4O. The molecule has 2 heterocycles. The molecule has 0 aromatic carbocycles. The summed E-state index contributed by atoms with van der Waals surface area (Å²) >= 11 is 0. The maximum Gasteiger partial charge on any atom is 0.259 e. The predicted molar refractivity (Wildman–Crippen MR) is 75.3 cm³/mol. The van der Waals surface area contributed by atoms with Crippen molar-refractivity contribution in [2.24, 2.45) is 0 Å². The first-order valence-electron chi connectivity index (χ1n) is 6.12. The van der Waals surface area contributed by atoms with Gasteiger partial charge in [0, 0.05) is 18.9 Å². The summed E-state index contributed by atoms with van der Waals surface area (Å²) in [6.07, 6.45) is 4.95. The van der Waals surface area contributed by atoms with Crippen molar-refractivity contribution in [3.05, 3.63) is 47.9 Å². The van der Waals surface area contributed by atoms with Gasteiger partial charge in [0.05, 0.1) is 17.4 Å². The molecule has 1 amide bonds. The number of carbonyl (C=O) groups is 1. The van der Waals surface area contributed by atoms with Gasteiger partial charge in [-0.1, -0.05) is 6.07 Å². The van der Waals surface area contributed by atoms with Gasteiger partial charge in [0.1, 0.15) is 5.82 Å². The molecule has 0 aliphatic heterocycles. The number of nitrogens with one attached hydrogen (secondary N) is 2. The lowest BCUT2D eigenvalue weighted by Crippen LogP contribution is -2.15. The fourth-order valence-corrected chi connectivity index (χ4v) is 1.65. The maximum atomic E-state index is 12.2. The molecule has 2 aromatic rings. The number of rotatable bonds is 4. The van der Waals surface area contributed by atoms with Crippen molar-refractivity contribution in [3.8, 4) is 0 Å². The normalized spacial score (nSPS) is 10.0. The van der Waals surface area contributed by atoms with E-state index in [9.17, 15) is 4.79 Å². The van der Waals surface area contributed by atoms with Crippen LogP contribution in [0.15, 0.2) is 36.8 Å². The Morgan fingerprint density at radius 1 is 1.26 bits per heavy atom. The lowest BCUT2D eigenvalue weighted by molar-refractivity contribution is 0.102. The van der Waals surface area contributed by atoms with Crippen LogP contribution < -0.4 is 10.6 Å². The van der Waals surface area contributed by atoms with Crippen molar-refractivity contribution < 1.29 is 4.79 Å². The molecule has 0 unspecified atom stereocenters. The van der Waals surface area contributed by atoms with Crippen LogP contribution in [0, 0.1) is 6.92 Å². The predicted octanol–water partition coefficient (Wildman–Crippen LogP) is 2.47. The molecule has 19 heavy (non-hydrogen) atoms. The van der Waals surface area contributed by atoms with Gasteiger partial charge in [0.2, 0.25) is 0 Å². The Morgan fingerprint density at radius 3 is 2.79 bits per heavy atom. The van der Waals surface area contributed by atoms with Crippen molar-refractivity contribution in [2.45, 2.75) is 13.8 Å². The molecule has 0 fully saturated rings. The van der Waals surface area contributed by atoms with Gasteiger partial charge in [-0.2, -0.15) is 0 Å². The second-order valence-electron chi connectivity index (χ2n) is 4.13. The summed E-state index contributed by atoms with van der Waals surface area (Å²) in [6, 6.07) is 5.36. The minimum atomic E-state index is -0.199. The third-order valence-electron chi connectivity index (χ3n) is 2.59. The van der Waals surface area contributed by atoms with E-state index in [1.807, 2.05) is 19.9 Å². The van der Waals surface area contributed by atoms with E-state index in [1.165, 1.54) is 0 Å². The highest BCUT2D eigenvalue weighted by molar-refractivity contribution is 6.07. The van der Waals surface area contributed by atoms with E-state index in [1.54, 1.807) is 30.7 Å². The summed E-state index contributed by atoms with van der Waals surface area (Å²) in [5.74, 6) is 0.338. The summed E-state index contributed by atoms with van der Waals surface area (Å²) in [7, 11) is 0. The first-order chi connectivity index (χ1) is 9.20. The van der Waals surface area contributed by atoms with E-state index >= 15 is 0 Å². The maximum absolute atomic E-state index is 12.2. The number of pyridine rings is 2. The molecular weight excluding hydrogens is 240 g/mol. The molecule has 0 radical (unpaired) electrons. The topological polar surface area (TPSA) is 66.9 Å². The third kappa shape index (κ3) is 3.28. The minimum absolute atomic E-state index is 0.199. The average molecular weight is 256 g/mol. The van der Waals surface area contributed by atoms with Crippen molar-refractivity contribution in [2.75, 3.05) is 17.2 Å². The molecule has 0 saturated heterocycles. The standard InChI is InChI=1S/C14H16N4O/c1-3-16-12-9-15-7-6-11(12)14(19)18-13-5-4-10(2)8-17-13/h4-9,16H,3H2,1-2H3,(H,17,18,19). The molecule has 0 bridgehead atoms. The van der Waals surface area contributed by atoms with Crippen molar-refractivity contribution >= 4 is 17.4 Å². The minimum Gasteiger partial charge on any atom is -0.383 e. The summed E-state index contributed by atoms with van der Waals surface area (Å²) in [6.45, 7) is 4.65. The number of hydrogen-bond donors (Lipinski definition) is 2. The molecule has 0 aliphatic carbocycles. The Labute approximate surface area is 112 Å². The van der Waals surface area contributed by atoms with Crippen LogP contribution in [0.25, 0.3) is 0 Å². The Bertz CT molecular complexity index is 566. The summed E-state index contributed by atoms with van der Waals surface area (Å²) in [4.78, 5) is 20.3. The highest BCUT2D eigenvalue weighted by Gasteiger charge is 2.11. The molecule has 2 aromatic heterocycles. The second kappa shape index (κ2) is 5.95. The zero-order chi connectivity index (χ0) is 13.7. The van der Waals surface area contributed by atoms with Gasteiger partial charge in [-0.25, -0.2) is 4.98 Å². The van der Waals surface area contributed by atoms with Crippen LogP contribution in [0.2, 0.25) is 0 Å². The first kappa shape index (κ1) is 13.0. The van der Waals surface area contributed by atoms with Crippen LogP contribution in [-0.4, -0.2) is 22.4 Å². The molecule has 0 aliphatic rings. The first-order valence-corrected chi connectivity index (χ1v) is 6.12. The molecule has 0 atom stereocenters. The van der Waals surface area contributed by atoms with Gasteiger partial charge >= 0.3 is 0 Å². The van der Waals surface area contributed by atoms with Gasteiger partial charge in [-0.3, -0.25) is 9.78 Å². The molecule has 2 rings (SSSR count). The van der Waals surface area contributed by atoms with E-state index in [0.717, 1.165) is 17.8 Å². The third-order valence-corrected chi connectivity index (χ3v) is 2.59. The largest absolute Gasteiger partial charge is 0.383 e. The molecule has 5 heteroatoms. The lowest BCUT2D eigenvalue weighted by Gasteiger charge is -2.10. The van der Waals surface area contributed by atoms with Gasteiger partial charge in [-0.15, -0.1) is 0 Å². The van der Waals surface area contributed by atoms with E-state index in [2.05, 4.69) is 20.6 Å². The second-order valence-corrected chi connectivity index (χ2v) is 4.13. The van der Waals surface area contributed by atoms with Crippen LogP contribution in [0.3, 0.4) is 0 Å². The van der Waals surface area contributed by atoms with Gasteiger partial charge in [-0.05, 0) is 31.5 Å². The summed E-state index contributed by atoms with van der Waals surface area (Å²) in [5.41, 5.74) is 2.32. The average Bonchev–Trinajstić information content (AvgIpc) is 2.42. The highest BCUT2D eigenvalue weighted by Crippen LogP contribution is 2.15. The van der Waals surface area contributed by atoms with Gasteiger partial charge < -0.3 is 10.6 Å². The lowest BCUT2D eigenvalue weighted by atomic mass is 10.2. The Balaban J connectivity index is 2.18. The zero-order valence-electron chi connectivity index (χ0n) is 11.0. The van der Waals surface area contributed by atoms with Crippen molar-refractivity contribution in [1.29, 1.82) is 0 Å². The Hall–Kier alpha value is -2.43. The van der Waals surface area contributed by atoms with Crippen LogP contribution in [0.4, 0.5) is 11.5 Å². The van der Waals surface area contributed by atoms with E-state index < -0.39 is 0 Å². The number of aromatic nitrogens is 2.